The van der Waals surface area contributed by atoms with Crippen LogP contribution in [-0.4, -0.2) is 71.7 Å². The molecule has 2 aliphatic heterocycles. The Labute approximate surface area is 205 Å². The average Bonchev–Trinajstić information content (AvgIpc) is 3.26. The molecule has 180 valence electrons. The summed E-state index contributed by atoms with van der Waals surface area (Å²) in [5.41, 5.74) is 3.14. The molecule has 3 aromatic rings. The first-order valence-corrected chi connectivity index (χ1v) is 11.9. The van der Waals surface area contributed by atoms with E-state index >= 15 is 0 Å². The number of carbonyl (C=O) groups is 1. The standard InChI is InChI=1S/C26H30N8O/c1-5-18-14-23(34-22(17(2)3)16-28-26(34)35)30-24-21(18)15-27-25(31-24)29-19-6-8-20(9-7-19)33-12-10-32(4)11-13-33/h1,6-9,14-15,17,22H,10-13,16H2,2-4H3,(H,28,35)(H,27,29,30,31). The van der Waals surface area contributed by atoms with E-state index in [-0.39, 0.29) is 18.0 Å². The van der Waals surface area contributed by atoms with Gasteiger partial charge in [-0.1, -0.05) is 19.8 Å². The lowest BCUT2D eigenvalue weighted by molar-refractivity contribution is 0.251. The lowest BCUT2D eigenvalue weighted by Gasteiger charge is -2.34. The number of urea groups is 1. The van der Waals surface area contributed by atoms with Crippen molar-refractivity contribution in [3.63, 3.8) is 0 Å². The quantitative estimate of drug-likeness (QED) is 0.554. The summed E-state index contributed by atoms with van der Waals surface area (Å²) in [5.74, 6) is 3.88. The molecular formula is C26H30N8O. The van der Waals surface area contributed by atoms with Gasteiger partial charge in [0, 0.05) is 55.9 Å². The van der Waals surface area contributed by atoms with Gasteiger partial charge in [-0.15, -0.1) is 6.42 Å². The van der Waals surface area contributed by atoms with Gasteiger partial charge in [-0.05, 0) is 43.3 Å². The summed E-state index contributed by atoms with van der Waals surface area (Å²) in [6.45, 7) is 8.92. The van der Waals surface area contributed by atoms with Crippen LogP contribution in [0.15, 0.2) is 36.5 Å². The Hall–Kier alpha value is -3.90. The third-order valence-corrected chi connectivity index (χ3v) is 6.73. The van der Waals surface area contributed by atoms with Gasteiger partial charge in [0.2, 0.25) is 5.95 Å². The lowest BCUT2D eigenvalue weighted by Crippen LogP contribution is -2.44. The average molecular weight is 471 g/mol. The topological polar surface area (TPSA) is 89.5 Å². The van der Waals surface area contributed by atoms with E-state index in [4.69, 9.17) is 11.4 Å². The van der Waals surface area contributed by atoms with Gasteiger partial charge in [0.15, 0.2) is 5.65 Å². The van der Waals surface area contributed by atoms with Crippen LogP contribution >= 0.6 is 0 Å². The van der Waals surface area contributed by atoms with Crippen LogP contribution in [0.5, 0.6) is 0 Å². The Morgan fingerprint density at radius 2 is 1.89 bits per heavy atom. The third kappa shape index (κ3) is 4.57. The van der Waals surface area contributed by atoms with E-state index in [1.807, 2.05) is 12.1 Å². The second-order valence-corrected chi connectivity index (χ2v) is 9.43. The maximum absolute atomic E-state index is 12.6. The monoisotopic (exact) mass is 470 g/mol. The molecule has 1 unspecified atom stereocenters. The fourth-order valence-electron chi connectivity index (χ4n) is 4.57. The van der Waals surface area contributed by atoms with E-state index in [0.717, 1.165) is 31.9 Å². The van der Waals surface area contributed by atoms with Crippen LogP contribution in [-0.2, 0) is 0 Å². The maximum Gasteiger partial charge on any atom is 0.323 e. The lowest BCUT2D eigenvalue weighted by atomic mass is 10.0. The van der Waals surface area contributed by atoms with Gasteiger partial charge in [0.05, 0.1) is 11.4 Å². The minimum atomic E-state index is -0.175. The van der Waals surface area contributed by atoms with Crippen LogP contribution in [0.1, 0.15) is 19.4 Å². The molecule has 9 heteroatoms. The first-order valence-electron chi connectivity index (χ1n) is 11.9. The number of likely N-dealkylation sites (N-methyl/N-ethyl adjacent to an activating group) is 1. The Balaban J connectivity index is 1.41. The number of anilines is 4. The molecule has 0 aliphatic carbocycles. The fourth-order valence-corrected chi connectivity index (χ4v) is 4.57. The molecule has 1 aromatic carbocycles. The second-order valence-electron chi connectivity index (χ2n) is 9.43. The first kappa shape index (κ1) is 22.9. The van der Waals surface area contributed by atoms with Crippen LogP contribution in [0.2, 0.25) is 0 Å². The number of rotatable bonds is 5. The number of pyridine rings is 1. The molecule has 2 saturated heterocycles. The van der Waals surface area contributed by atoms with Gasteiger partial charge in [-0.3, -0.25) is 4.90 Å². The zero-order chi connectivity index (χ0) is 24.5. The van der Waals surface area contributed by atoms with Crippen molar-refractivity contribution in [2.75, 3.05) is 54.9 Å². The molecule has 4 heterocycles. The van der Waals surface area contributed by atoms with Crippen LogP contribution in [0.25, 0.3) is 11.0 Å². The molecule has 1 atom stereocenters. The molecular weight excluding hydrogens is 440 g/mol. The number of terminal acetylenes is 1. The van der Waals surface area contributed by atoms with Crippen LogP contribution in [0.3, 0.4) is 0 Å². The van der Waals surface area contributed by atoms with Gasteiger partial charge < -0.3 is 20.4 Å². The molecule has 0 saturated carbocycles. The third-order valence-electron chi connectivity index (χ3n) is 6.73. The largest absolute Gasteiger partial charge is 0.369 e. The number of hydrogen-bond acceptors (Lipinski definition) is 7. The number of benzene rings is 1. The highest BCUT2D eigenvalue weighted by Crippen LogP contribution is 2.28. The molecule has 9 nitrogen and oxygen atoms in total. The highest BCUT2D eigenvalue weighted by atomic mass is 16.2. The van der Waals surface area contributed by atoms with E-state index < -0.39 is 0 Å². The Bertz CT molecular complexity index is 1270. The van der Waals surface area contributed by atoms with Crippen LogP contribution < -0.4 is 20.4 Å². The van der Waals surface area contributed by atoms with Crippen molar-refractivity contribution in [2.45, 2.75) is 19.9 Å². The van der Waals surface area contributed by atoms with Crippen molar-refractivity contribution in [3.8, 4) is 12.3 Å². The minimum Gasteiger partial charge on any atom is -0.369 e. The van der Waals surface area contributed by atoms with Crippen molar-refractivity contribution in [3.05, 3.63) is 42.1 Å². The van der Waals surface area contributed by atoms with Crippen LogP contribution in [0, 0.1) is 18.3 Å². The van der Waals surface area contributed by atoms with E-state index in [0.29, 0.717) is 34.9 Å². The maximum atomic E-state index is 12.6. The summed E-state index contributed by atoms with van der Waals surface area (Å²) in [6.07, 6.45) is 7.46. The van der Waals surface area contributed by atoms with Gasteiger partial charge >= 0.3 is 6.03 Å². The number of fused-ring (bicyclic) bond motifs is 1. The molecule has 0 radical (unpaired) electrons. The molecule has 2 aliphatic rings. The number of nitrogens with one attached hydrogen (secondary N) is 2. The van der Waals surface area contributed by atoms with Gasteiger partial charge in [0.1, 0.15) is 5.82 Å². The summed E-state index contributed by atoms with van der Waals surface area (Å²) in [6, 6.07) is 9.86. The van der Waals surface area contributed by atoms with Gasteiger partial charge in [0.25, 0.3) is 0 Å². The number of aromatic nitrogens is 3. The zero-order valence-electron chi connectivity index (χ0n) is 20.3. The minimum absolute atomic E-state index is 0.00340. The highest BCUT2D eigenvalue weighted by molar-refractivity contribution is 5.96. The van der Waals surface area contributed by atoms with Gasteiger partial charge in [-0.25, -0.2) is 14.8 Å². The Kier molecular flexibility index (Phi) is 6.14. The molecule has 0 bridgehead atoms. The molecule has 35 heavy (non-hydrogen) atoms. The van der Waals surface area contributed by atoms with Crippen molar-refractivity contribution in [1.29, 1.82) is 0 Å². The molecule has 2 aromatic heterocycles. The number of piperazine rings is 1. The number of hydrogen-bond donors (Lipinski definition) is 2. The van der Waals surface area contributed by atoms with Crippen molar-refractivity contribution in [1.82, 2.24) is 25.2 Å². The van der Waals surface area contributed by atoms with E-state index in [9.17, 15) is 4.79 Å². The van der Waals surface area contributed by atoms with Gasteiger partial charge in [-0.2, -0.15) is 4.98 Å². The fraction of sp³-hybridized carbons (Fsp3) is 0.385. The van der Waals surface area contributed by atoms with E-state index in [2.05, 4.69) is 69.3 Å². The number of nitrogens with zero attached hydrogens (tertiary/aromatic N) is 6. The summed E-state index contributed by atoms with van der Waals surface area (Å²) in [5, 5.41) is 6.84. The zero-order valence-corrected chi connectivity index (χ0v) is 20.3. The van der Waals surface area contributed by atoms with Crippen molar-refractivity contribution < 1.29 is 4.79 Å². The summed E-state index contributed by atoms with van der Waals surface area (Å²) in [4.78, 5) is 32.7. The van der Waals surface area contributed by atoms with Crippen molar-refractivity contribution in [2.24, 2.45) is 5.92 Å². The normalized spacial score (nSPS) is 18.7. The number of amides is 2. The molecule has 2 amide bonds. The predicted molar refractivity (Wildman–Crippen MR) is 139 cm³/mol. The number of carbonyl (C=O) groups excluding carboxylic acids is 1. The highest BCUT2D eigenvalue weighted by Gasteiger charge is 2.35. The van der Waals surface area contributed by atoms with E-state index in [1.54, 1.807) is 17.2 Å². The van der Waals surface area contributed by atoms with E-state index in [1.165, 1.54) is 5.69 Å². The second kappa shape index (κ2) is 9.39. The van der Waals surface area contributed by atoms with Crippen molar-refractivity contribution >= 4 is 40.2 Å². The smallest absolute Gasteiger partial charge is 0.323 e. The molecule has 2 N–H and O–H groups in total. The summed E-state index contributed by atoms with van der Waals surface area (Å²) < 4.78 is 0. The molecule has 0 spiro atoms. The Morgan fingerprint density at radius 1 is 1.14 bits per heavy atom. The SMILES string of the molecule is C#Cc1cc(N2C(=O)NCC2C(C)C)nc2nc(Nc3ccc(N4CCN(C)CC4)cc3)ncc12. The summed E-state index contributed by atoms with van der Waals surface area (Å²) >= 11 is 0. The Morgan fingerprint density at radius 3 is 2.57 bits per heavy atom. The predicted octanol–water partition coefficient (Wildman–Crippen LogP) is 3.06. The first-order chi connectivity index (χ1) is 16.9. The summed E-state index contributed by atoms with van der Waals surface area (Å²) in [7, 11) is 2.15. The van der Waals surface area contributed by atoms with Crippen LogP contribution in [0.4, 0.5) is 27.9 Å². The molecule has 5 rings (SSSR count). The molecule has 2 fully saturated rings.